The third-order valence-corrected chi connectivity index (χ3v) is 2.83. The summed E-state index contributed by atoms with van der Waals surface area (Å²) < 4.78 is 1.80. The third kappa shape index (κ3) is 1.29. The smallest absolute Gasteiger partial charge is 0.258 e. The number of pyridine rings is 1. The number of benzene rings is 1. The van der Waals surface area contributed by atoms with Crippen LogP contribution in [0.25, 0.3) is 21.8 Å². The number of aryl methyl sites for hydroxylation is 1. The van der Waals surface area contributed by atoms with Gasteiger partial charge in [-0.25, -0.2) is 4.98 Å². The highest BCUT2D eigenvalue weighted by Gasteiger charge is 2.09. The average Bonchev–Trinajstić information content (AvgIpc) is 2.70. The first-order chi connectivity index (χ1) is 8.20. The number of nitrogens with one attached hydrogen (secondary N) is 1. The van der Waals surface area contributed by atoms with Crippen molar-refractivity contribution in [3.8, 4) is 0 Å². The van der Waals surface area contributed by atoms with Gasteiger partial charge in [-0.1, -0.05) is 6.07 Å². The van der Waals surface area contributed by atoms with Gasteiger partial charge in [0.1, 0.15) is 0 Å². The molecule has 0 amide bonds. The summed E-state index contributed by atoms with van der Waals surface area (Å²) in [5, 5.41) is 1.31. The Hall–Kier alpha value is -2.43. The van der Waals surface area contributed by atoms with Crippen LogP contribution in [0.2, 0.25) is 0 Å². The van der Waals surface area contributed by atoms with Crippen molar-refractivity contribution in [2.45, 2.75) is 0 Å². The van der Waals surface area contributed by atoms with E-state index in [9.17, 15) is 9.59 Å². The number of nitrogens with zero attached hydrogens (tertiary/aromatic N) is 2. The number of aldehydes is 1. The second-order valence-electron chi connectivity index (χ2n) is 3.92. The lowest BCUT2D eigenvalue weighted by atomic mass is 10.1. The van der Waals surface area contributed by atoms with Gasteiger partial charge in [0.25, 0.3) is 5.56 Å². The van der Waals surface area contributed by atoms with Gasteiger partial charge in [-0.2, -0.15) is 0 Å². The van der Waals surface area contributed by atoms with E-state index in [1.165, 1.54) is 0 Å². The van der Waals surface area contributed by atoms with E-state index in [0.717, 1.165) is 16.4 Å². The number of hydrogen-bond acceptors (Lipinski definition) is 3. The number of aromatic amines is 1. The molecule has 0 spiro atoms. The zero-order valence-electron chi connectivity index (χ0n) is 9.10. The molecule has 1 aromatic carbocycles. The minimum absolute atomic E-state index is 0.265. The second-order valence-corrected chi connectivity index (χ2v) is 3.92. The number of rotatable bonds is 1. The highest BCUT2D eigenvalue weighted by Crippen LogP contribution is 2.21. The molecule has 0 bridgehead atoms. The minimum atomic E-state index is -0.265. The first kappa shape index (κ1) is 9.77. The molecule has 3 aromatic rings. The van der Waals surface area contributed by atoms with Crippen LogP contribution < -0.4 is 5.56 Å². The molecule has 0 unspecified atom stereocenters. The van der Waals surface area contributed by atoms with Crippen molar-refractivity contribution in [1.82, 2.24) is 14.5 Å². The van der Waals surface area contributed by atoms with E-state index in [1.807, 2.05) is 13.1 Å². The summed E-state index contributed by atoms with van der Waals surface area (Å²) in [5.74, 6) is 0. The number of hydrogen-bond donors (Lipinski definition) is 1. The Morgan fingerprint density at radius 1 is 1.41 bits per heavy atom. The fourth-order valence-electron chi connectivity index (χ4n) is 2.08. The van der Waals surface area contributed by atoms with Crippen LogP contribution in [0.5, 0.6) is 0 Å². The second kappa shape index (κ2) is 3.28. The summed E-state index contributed by atoms with van der Waals surface area (Å²) in [4.78, 5) is 29.4. The number of H-pyrrole nitrogens is 1. The number of carbonyl (C=O) groups is 1. The molecule has 0 aliphatic carbocycles. The van der Waals surface area contributed by atoms with Crippen molar-refractivity contribution in [2.75, 3.05) is 0 Å². The maximum absolute atomic E-state index is 12.0. The van der Waals surface area contributed by atoms with Gasteiger partial charge in [-0.3, -0.25) is 9.59 Å². The van der Waals surface area contributed by atoms with Crippen molar-refractivity contribution >= 4 is 28.1 Å². The molecule has 0 aliphatic rings. The number of carbonyl (C=O) groups excluding carboxylic acids is 1. The molecule has 2 aromatic heterocycles. The molecule has 5 heteroatoms. The summed E-state index contributed by atoms with van der Waals surface area (Å²) in [6.45, 7) is 0. The van der Waals surface area contributed by atoms with Crippen LogP contribution in [0.15, 0.2) is 29.3 Å². The third-order valence-electron chi connectivity index (χ3n) is 2.83. The van der Waals surface area contributed by atoms with Gasteiger partial charge in [0.2, 0.25) is 0 Å². The lowest BCUT2D eigenvalue weighted by Gasteiger charge is -2.01. The van der Waals surface area contributed by atoms with Crippen LogP contribution >= 0.6 is 0 Å². The van der Waals surface area contributed by atoms with Crippen molar-refractivity contribution in [1.29, 1.82) is 0 Å². The van der Waals surface area contributed by atoms with Crippen molar-refractivity contribution in [3.05, 3.63) is 40.6 Å². The van der Waals surface area contributed by atoms with E-state index in [1.54, 1.807) is 23.0 Å². The van der Waals surface area contributed by atoms with E-state index >= 15 is 0 Å². The van der Waals surface area contributed by atoms with Gasteiger partial charge in [0, 0.05) is 7.05 Å². The predicted molar refractivity (Wildman–Crippen MR) is 64.2 cm³/mol. The number of aromatic nitrogens is 3. The van der Waals surface area contributed by atoms with Crippen LogP contribution in [0, 0.1) is 0 Å². The summed E-state index contributed by atoms with van der Waals surface area (Å²) >= 11 is 0. The molecule has 3 rings (SSSR count). The van der Waals surface area contributed by atoms with E-state index in [2.05, 4.69) is 9.97 Å². The van der Waals surface area contributed by atoms with Crippen molar-refractivity contribution in [2.24, 2.45) is 7.05 Å². The lowest BCUT2D eigenvalue weighted by Crippen LogP contribution is -2.10. The molecule has 5 nitrogen and oxygen atoms in total. The summed E-state index contributed by atoms with van der Waals surface area (Å²) in [5.41, 5.74) is 1.56. The molecule has 2 heterocycles. The van der Waals surface area contributed by atoms with Gasteiger partial charge < -0.3 is 9.55 Å². The largest absolute Gasteiger partial charge is 0.333 e. The molecule has 17 heavy (non-hydrogen) atoms. The Labute approximate surface area is 95.7 Å². The van der Waals surface area contributed by atoms with Gasteiger partial charge in [0.05, 0.1) is 28.4 Å². The Balaban J connectivity index is 2.63. The summed E-state index contributed by atoms with van der Waals surface area (Å²) in [6, 6.07) is 5.30. The molecule has 1 N–H and O–H groups in total. The highest BCUT2D eigenvalue weighted by molar-refractivity contribution is 6.04. The van der Waals surface area contributed by atoms with Crippen LogP contribution in [0.1, 0.15) is 10.5 Å². The zero-order chi connectivity index (χ0) is 12.0. The standard InChI is InChI=1S/C12H9N3O2/c1-15-6-13-9-3-2-7-4-8(5-16)14-12(17)10(7)11(9)15/h2-6H,1H3,(H,14,17). The zero-order valence-corrected chi connectivity index (χ0v) is 9.10. The molecule has 0 radical (unpaired) electrons. The van der Waals surface area contributed by atoms with Crippen LogP contribution in [-0.4, -0.2) is 20.8 Å². The van der Waals surface area contributed by atoms with Crippen LogP contribution in [0.3, 0.4) is 0 Å². The van der Waals surface area contributed by atoms with E-state index in [-0.39, 0.29) is 11.3 Å². The topological polar surface area (TPSA) is 67.8 Å². The van der Waals surface area contributed by atoms with Crippen molar-refractivity contribution in [3.63, 3.8) is 0 Å². The normalized spacial score (nSPS) is 11.1. The Morgan fingerprint density at radius 2 is 2.24 bits per heavy atom. The maximum Gasteiger partial charge on any atom is 0.258 e. The Morgan fingerprint density at radius 3 is 3.00 bits per heavy atom. The molecule has 0 atom stereocenters. The van der Waals surface area contributed by atoms with Gasteiger partial charge in [-0.15, -0.1) is 0 Å². The molecule has 84 valence electrons. The van der Waals surface area contributed by atoms with Gasteiger partial charge >= 0.3 is 0 Å². The van der Waals surface area contributed by atoms with Gasteiger partial charge in [-0.05, 0) is 17.5 Å². The monoisotopic (exact) mass is 227 g/mol. The fraction of sp³-hybridized carbons (Fsp3) is 0.0833. The average molecular weight is 227 g/mol. The predicted octanol–water partition coefficient (Wildman–Crippen LogP) is 1.23. The summed E-state index contributed by atoms with van der Waals surface area (Å²) in [6.07, 6.45) is 2.30. The SMILES string of the molecule is Cn1cnc2ccc3cc(C=O)[nH]c(=O)c3c21. The molecular formula is C12H9N3O2. The Bertz CT molecular complexity index is 798. The van der Waals surface area contributed by atoms with Crippen molar-refractivity contribution < 1.29 is 4.79 Å². The number of fused-ring (bicyclic) bond motifs is 3. The number of imidazole rings is 1. The lowest BCUT2D eigenvalue weighted by molar-refractivity contribution is 0.111. The van der Waals surface area contributed by atoms with Gasteiger partial charge in [0.15, 0.2) is 6.29 Å². The van der Waals surface area contributed by atoms with E-state index < -0.39 is 0 Å². The first-order valence-corrected chi connectivity index (χ1v) is 5.13. The molecular weight excluding hydrogens is 218 g/mol. The van der Waals surface area contributed by atoms with E-state index in [0.29, 0.717) is 11.7 Å². The molecule has 0 saturated heterocycles. The molecule has 0 aliphatic heterocycles. The molecule has 0 fully saturated rings. The highest BCUT2D eigenvalue weighted by atomic mass is 16.1. The first-order valence-electron chi connectivity index (χ1n) is 5.13. The maximum atomic E-state index is 12.0. The van der Waals surface area contributed by atoms with Crippen LogP contribution in [0.4, 0.5) is 0 Å². The fourth-order valence-corrected chi connectivity index (χ4v) is 2.08. The molecule has 0 saturated carbocycles. The Kier molecular flexibility index (Phi) is 1.89. The summed E-state index contributed by atoms with van der Waals surface area (Å²) in [7, 11) is 1.84. The minimum Gasteiger partial charge on any atom is -0.333 e. The quantitative estimate of drug-likeness (QED) is 0.636. The van der Waals surface area contributed by atoms with E-state index in [4.69, 9.17) is 0 Å². The van der Waals surface area contributed by atoms with Crippen LogP contribution in [-0.2, 0) is 7.05 Å².